The summed E-state index contributed by atoms with van der Waals surface area (Å²) in [5, 5.41) is 14.6. The van der Waals surface area contributed by atoms with Crippen LogP contribution in [0.2, 0.25) is 0 Å². The third-order valence-electron chi connectivity index (χ3n) is 6.73. The highest BCUT2D eigenvalue weighted by atomic mass is 19.4. The average Bonchev–Trinajstić information content (AvgIpc) is 3.04. The topological polar surface area (TPSA) is 99.8 Å². The van der Waals surface area contributed by atoms with Crippen LogP contribution in [0.3, 0.4) is 0 Å². The van der Waals surface area contributed by atoms with E-state index in [2.05, 4.69) is 32.4 Å². The molecule has 1 aromatic carbocycles. The highest BCUT2D eigenvalue weighted by molar-refractivity contribution is 6.05. The molecule has 3 heterocycles. The number of hydrogen-bond acceptors (Lipinski definition) is 5. The number of hydrogen-bond donors (Lipinski definition) is 2. The van der Waals surface area contributed by atoms with E-state index in [0.717, 1.165) is 54.7 Å². The van der Waals surface area contributed by atoms with Crippen molar-refractivity contribution in [1.29, 1.82) is 0 Å². The van der Waals surface area contributed by atoms with Crippen LogP contribution in [-0.4, -0.2) is 61.8 Å². The Labute approximate surface area is 206 Å². The molecule has 2 aliphatic rings. The quantitative estimate of drug-likeness (QED) is 0.556. The average molecular weight is 504 g/mol. The zero-order valence-electron chi connectivity index (χ0n) is 20.1. The lowest BCUT2D eigenvalue weighted by molar-refractivity contribution is -0.192. The molecule has 36 heavy (non-hydrogen) atoms. The molecule has 192 valence electrons. The van der Waals surface area contributed by atoms with Crippen molar-refractivity contribution in [2.45, 2.75) is 58.2 Å². The van der Waals surface area contributed by atoms with Crippen LogP contribution in [-0.2, 0) is 17.6 Å². The molecule has 8 nitrogen and oxygen atoms in total. The van der Waals surface area contributed by atoms with Gasteiger partial charge < -0.3 is 10.4 Å². The number of carbonyl (C=O) groups excluding carboxylic acids is 1. The summed E-state index contributed by atoms with van der Waals surface area (Å²) in [7, 11) is 0. The Hall–Kier alpha value is -3.47. The lowest BCUT2D eigenvalue weighted by atomic mass is 9.91. The van der Waals surface area contributed by atoms with Crippen LogP contribution in [0.1, 0.15) is 52.1 Å². The van der Waals surface area contributed by atoms with Gasteiger partial charge in [-0.05, 0) is 62.8 Å². The standard InChI is InChI=1S/C23H27N5O.C2HF3O2/c1-15-12-22-24-14-21(16(2)28(22)26-15)23(29)25-19-7-6-17-8-10-27(20-4-3-5-20)11-9-18(17)13-19;3-2(4,5)1(6)7/h6-7,12-14,20H,3-5,8-11H2,1-2H3,(H,25,29);(H,6,7). The minimum Gasteiger partial charge on any atom is -0.475 e. The smallest absolute Gasteiger partial charge is 0.475 e. The van der Waals surface area contributed by atoms with Gasteiger partial charge in [-0.3, -0.25) is 9.69 Å². The van der Waals surface area contributed by atoms with Crippen molar-refractivity contribution in [3.63, 3.8) is 0 Å². The van der Waals surface area contributed by atoms with Crippen molar-refractivity contribution in [3.8, 4) is 0 Å². The Bertz CT molecular complexity index is 1280. The first-order valence-corrected chi connectivity index (χ1v) is 11.8. The minimum absolute atomic E-state index is 0.144. The van der Waals surface area contributed by atoms with Crippen LogP contribution in [0, 0.1) is 13.8 Å². The number of fused-ring (bicyclic) bond motifs is 2. The predicted molar refractivity (Wildman–Crippen MR) is 127 cm³/mol. The second kappa shape index (κ2) is 10.3. The van der Waals surface area contributed by atoms with Gasteiger partial charge in [0.15, 0.2) is 5.65 Å². The molecule has 1 saturated carbocycles. The fourth-order valence-electron chi connectivity index (χ4n) is 4.52. The van der Waals surface area contributed by atoms with Crippen molar-refractivity contribution >= 4 is 23.2 Å². The molecule has 1 amide bonds. The molecule has 0 atom stereocenters. The van der Waals surface area contributed by atoms with Crippen molar-refractivity contribution in [1.82, 2.24) is 19.5 Å². The third-order valence-corrected chi connectivity index (χ3v) is 6.73. The van der Waals surface area contributed by atoms with E-state index in [1.54, 1.807) is 10.7 Å². The number of rotatable bonds is 3. The summed E-state index contributed by atoms with van der Waals surface area (Å²) in [6.45, 7) is 6.10. The van der Waals surface area contributed by atoms with E-state index in [1.165, 1.54) is 30.4 Å². The van der Waals surface area contributed by atoms with Gasteiger partial charge in [-0.1, -0.05) is 12.5 Å². The second-order valence-electron chi connectivity index (χ2n) is 9.17. The number of carbonyl (C=O) groups is 2. The Balaban J connectivity index is 0.000000384. The number of aromatic nitrogens is 3. The van der Waals surface area contributed by atoms with Crippen LogP contribution in [0.25, 0.3) is 5.65 Å². The molecule has 3 aromatic rings. The molecule has 0 spiro atoms. The van der Waals surface area contributed by atoms with E-state index < -0.39 is 12.1 Å². The Kier molecular flexibility index (Phi) is 7.30. The zero-order chi connectivity index (χ0) is 26.0. The summed E-state index contributed by atoms with van der Waals surface area (Å²) >= 11 is 0. The molecule has 0 unspecified atom stereocenters. The summed E-state index contributed by atoms with van der Waals surface area (Å²) in [6, 6.07) is 9.06. The molecular formula is C25H28F3N5O3. The number of halogens is 3. The van der Waals surface area contributed by atoms with E-state index >= 15 is 0 Å². The van der Waals surface area contributed by atoms with E-state index in [9.17, 15) is 18.0 Å². The van der Waals surface area contributed by atoms with Crippen LogP contribution in [0.4, 0.5) is 18.9 Å². The molecule has 5 rings (SSSR count). The molecule has 1 aliphatic heterocycles. The van der Waals surface area contributed by atoms with Gasteiger partial charge in [-0.15, -0.1) is 0 Å². The van der Waals surface area contributed by atoms with Gasteiger partial charge in [0.05, 0.1) is 17.0 Å². The fraction of sp³-hybridized carbons (Fsp3) is 0.440. The predicted octanol–water partition coefficient (Wildman–Crippen LogP) is 4.18. The van der Waals surface area contributed by atoms with Crippen LogP contribution < -0.4 is 5.32 Å². The molecule has 1 fully saturated rings. The van der Waals surface area contributed by atoms with Gasteiger partial charge in [-0.25, -0.2) is 14.3 Å². The van der Waals surface area contributed by atoms with E-state index in [4.69, 9.17) is 9.90 Å². The molecule has 0 saturated heterocycles. The van der Waals surface area contributed by atoms with Crippen molar-refractivity contribution in [2.75, 3.05) is 18.4 Å². The Morgan fingerprint density at radius 2 is 1.75 bits per heavy atom. The highest BCUT2D eigenvalue weighted by Gasteiger charge is 2.38. The van der Waals surface area contributed by atoms with Gasteiger partial charge in [0.25, 0.3) is 5.91 Å². The number of nitrogens with one attached hydrogen (secondary N) is 1. The molecular weight excluding hydrogens is 475 g/mol. The summed E-state index contributed by atoms with van der Waals surface area (Å²) in [6.07, 6.45) is 2.78. The Morgan fingerprint density at radius 3 is 2.36 bits per heavy atom. The highest BCUT2D eigenvalue weighted by Crippen LogP contribution is 2.28. The molecule has 2 aromatic heterocycles. The normalized spacial score (nSPS) is 16.4. The maximum Gasteiger partial charge on any atom is 0.490 e. The number of carboxylic acid groups (broad SMARTS) is 1. The first kappa shape index (κ1) is 25.6. The van der Waals surface area contributed by atoms with Crippen LogP contribution in [0.15, 0.2) is 30.5 Å². The van der Waals surface area contributed by atoms with Crippen molar-refractivity contribution < 1.29 is 27.9 Å². The number of nitrogens with zero attached hydrogens (tertiary/aromatic N) is 4. The number of alkyl halides is 3. The SMILES string of the molecule is Cc1cc2ncc(C(=O)Nc3ccc4c(c3)CCN(C3CCC3)CC4)c(C)n2n1.O=C(O)C(F)(F)F. The van der Waals surface area contributed by atoms with E-state index in [1.807, 2.05) is 26.0 Å². The van der Waals surface area contributed by atoms with Crippen molar-refractivity contribution in [2.24, 2.45) is 0 Å². The molecule has 0 radical (unpaired) electrons. The number of carboxylic acids is 1. The maximum absolute atomic E-state index is 12.9. The number of anilines is 1. The monoisotopic (exact) mass is 503 g/mol. The largest absolute Gasteiger partial charge is 0.490 e. The van der Waals surface area contributed by atoms with Crippen LogP contribution in [0.5, 0.6) is 0 Å². The van der Waals surface area contributed by atoms with Gasteiger partial charge in [0, 0.05) is 37.1 Å². The first-order chi connectivity index (χ1) is 17.0. The molecule has 2 N–H and O–H groups in total. The summed E-state index contributed by atoms with van der Waals surface area (Å²) < 4.78 is 33.5. The summed E-state index contributed by atoms with van der Waals surface area (Å²) in [4.78, 5) is 28.8. The molecule has 11 heteroatoms. The number of benzene rings is 1. The lowest BCUT2D eigenvalue weighted by Gasteiger charge is -2.36. The van der Waals surface area contributed by atoms with Gasteiger partial charge in [-0.2, -0.15) is 18.3 Å². The number of aryl methyl sites for hydroxylation is 2. The summed E-state index contributed by atoms with van der Waals surface area (Å²) in [5.41, 5.74) is 6.62. The maximum atomic E-state index is 12.9. The lowest BCUT2D eigenvalue weighted by Crippen LogP contribution is -2.41. The van der Waals surface area contributed by atoms with Gasteiger partial charge in [0.2, 0.25) is 0 Å². The number of aliphatic carboxylic acids is 1. The first-order valence-electron chi connectivity index (χ1n) is 11.8. The van der Waals surface area contributed by atoms with Gasteiger partial charge >= 0.3 is 12.1 Å². The minimum atomic E-state index is -5.08. The Morgan fingerprint density at radius 1 is 1.08 bits per heavy atom. The zero-order valence-corrected chi connectivity index (χ0v) is 20.1. The second-order valence-corrected chi connectivity index (χ2v) is 9.17. The van der Waals surface area contributed by atoms with Crippen LogP contribution >= 0.6 is 0 Å². The molecule has 0 bridgehead atoms. The summed E-state index contributed by atoms with van der Waals surface area (Å²) in [5.74, 6) is -2.90. The van der Waals surface area contributed by atoms with Gasteiger partial charge in [0.1, 0.15) is 0 Å². The third kappa shape index (κ3) is 5.67. The fourth-order valence-corrected chi connectivity index (χ4v) is 4.52. The van der Waals surface area contributed by atoms with E-state index in [0.29, 0.717) is 5.56 Å². The van der Waals surface area contributed by atoms with Crippen molar-refractivity contribution in [3.05, 3.63) is 58.5 Å². The van der Waals surface area contributed by atoms with E-state index in [-0.39, 0.29) is 5.91 Å². The number of amides is 1. The molecule has 1 aliphatic carbocycles.